The lowest BCUT2D eigenvalue weighted by atomic mass is 10.1. The van der Waals surface area contributed by atoms with Crippen molar-refractivity contribution in [2.45, 2.75) is 39.5 Å². The van der Waals surface area contributed by atoms with Crippen LogP contribution in [0.5, 0.6) is 11.8 Å². The highest BCUT2D eigenvalue weighted by molar-refractivity contribution is 6.31. The summed E-state index contributed by atoms with van der Waals surface area (Å²) in [5.74, 6) is 1.17. The molecule has 210 valence electrons. The van der Waals surface area contributed by atoms with Crippen molar-refractivity contribution in [3.63, 3.8) is 0 Å². The molecule has 0 unspecified atom stereocenters. The molecule has 1 N–H and O–H groups in total. The summed E-state index contributed by atoms with van der Waals surface area (Å²) in [4.78, 5) is 9.46. The molecule has 0 aliphatic heterocycles. The number of benzene rings is 2. The van der Waals surface area contributed by atoms with E-state index in [1.165, 1.54) is 0 Å². The van der Waals surface area contributed by atoms with Crippen LogP contribution in [-0.4, -0.2) is 33.4 Å². The van der Waals surface area contributed by atoms with Crippen LogP contribution in [0.2, 0.25) is 10.0 Å². The summed E-state index contributed by atoms with van der Waals surface area (Å²) in [6.07, 6.45) is 11.9. The number of fused-ring (bicyclic) bond motifs is 2. The van der Waals surface area contributed by atoms with Gasteiger partial charge >= 0.3 is 0 Å². The highest BCUT2D eigenvalue weighted by atomic mass is 35.5. The van der Waals surface area contributed by atoms with Crippen LogP contribution in [0, 0.1) is 0 Å². The van der Waals surface area contributed by atoms with Gasteiger partial charge in [-0.2, -0.15) is 5.10 Å². The highest BCUT2D eigenvalue weighted by Gasteiger charge is 2.09. The van der Waals surface area contributed by atoms with E-state index in [0.29, 0.717) is 35.0 Å². The van der Waals surface area contributed by atoms with Crippen molar-refractivity contribution in [1.29, 1.82) is 0 Å². The van der Waals surface area contributed by atoms with E-state index in [4.69, 9.17) is 42.6 Å². The second-order valence-corrected chi connectivity index (χ2v) is 10.6. The molecule has 0 bridgehead atoms. The summed E-state index contributed by atoms with van der Waals surface area (Å²) in [5.41, 5.74) is 5.01. The number of hydrogen-bond acceptors (Lipinski definition) is 5. The zero-order chi connectivity index (χ0) is 28.6. The fourth-order valence-electron chi connectivity index (χ4n) is 4.25. The summed E-state index contributed by atoms with van der Waals surface area (Å²) in [6, 6.07) is 17.5. The van der Waals surface area contributed by atoms with Crippen LogP contribution in [0.1, 0.15) is 62.0 Å². The maximum absolute atomic E-state index is 6.19. The van der Waals surface area contributed by atoms with Gasteiger partial charge in [-0.05, 0) is 79.6 Å². The number of nitrogens with zero attached hydrogens (tertiary/aromatic N) is 3. The molecule has 0 aliphatic carbocycles. The van der Waals surface area contributed by atoms with Crippen molar-refractivity contribution in [1.82, 2.24) is 20.2 Å². The van der Waals surface area contributed by atoms with E-state index in [2.05, 4.69) is 36.2 Å². The van der Waals surface area contributed by atoms with Crippen LogP contribution in [0.25, 0.3) is 46.1 Å². The Morgan fingerprint density at radius 3 is 1.76 bits per heavy atom. The standard InChI is InChI=1S/C33H32Cl2N4O2/c1-3-5-15-40-32-24(17-22-7-11-26(34)19-30(22)36-32)9-13-28-21-29(39-38-28)14-10-25-18-23-8-12-27(35)20-31(23)37-33(25)41-16-6-4-2/h7-14,17-21H,3-6,15-16H2,1-2H3,(H,38,39)/b13-9+,14-10+. The maximum atomic E-state index is 6.19. The summed E-state index contributed by atoms with van der Waals surface area (Å²) < 4.78 is 12.0. The van der Waals surface area contributed by atoms with Gasteiger partial charge in [0.25, 0.3) is 0 Å². The Morgan fingerprint density at radius 2 is 1.22 bits per heavy atom. The number of ether oxygens (including phenoxy) is 2. The molecule has 3 heterocycles. The average molecular weight is 588 g/mol. The Balaban J connectivity index is 1.38. The molecule has 0 aliphatic rings. The number of aromatic nitrogens is 4. The van der Waals surface area contributed by atoms with Gasteiger partial charge in [0.05, 0.1) is 35.6 Å². The number of nitrogens with one attached hydrogen (secondary N) is 1. The molecule has 5 rings (SSSR count). The summed E-state index contributed by atoms with van der Waals surface area (Å²) in [6.45, 7) is 5.48. The zero-order valence-corrected chi connectivity index (χ0v) is 24.7. The lowest BCUT2D eigenvalue weighted by molar-refractivity contribution is 0.298. The van der Waals surface area contributed by atoms with Gasteiger partial charge in [-0.25, -0.2) is 9.97 Å². The Labute approximate surface area is 250 Å². The predicted molar refractivity (Wildman–Crippen MR) is 171 cm³/mol. The maximum Gasteiger partial charge on any atom is 0.221 e. The van der Waals surface area contributed by atoms with E-state index in [9.17, 15) is 0 Å². The number of halogens is 2. The van der Waals surface area contributed by atoms with Gasteiger partial charge < -0.3 is 9.47 Å². The van der Waals surface area contributed by atoms with E-state index < -0.39 is 0 Å². The molecule has 0 spiro atoms. The third-order valence-electron chi connectivity index (χ3n) is 6.51. The van der Waals surface area contributed by atoms with Crippen molar-refractivity contribution in [2.75, 3.05) is 13.2 Å². The largest absolute Gasteiger partial charge is 0.477 e. The van der Waals surface area contributed by atoms with E-state index in [-0.39, 0.29) is 0 Å². The van der Waals surface area contributed by atoms with E-state index >= 15 is 0 Å². The molecule has 5 aromatic rings. The topological polar surface area (TPSA) is 72.9 Å². The first-order valence-corrected chi connectivity index (χ1v) is 14.7. The molecule has 8 heteroatoms. The monoisotopic (exact) mass is 586 g/mol. The van der Waals surface area contributed by atoms with E-state index in [0.717, 1.165) is 70.0 Å². The summed E-state index contributed by atoms with van der Waals surface area (Å²) in [5, 5.41) is 10.8. The third kappa shape index (κ3) is 7.46. The van der Waals surface area contributed by atoms with Gasteiger partial charge in [-0.3, -0.25) is 5.10 Å². The molecule has 2 aromatic carbocycles. The van der Waals surface area contributed by atoms with Gasteiger partial charge in [0.1, 0.15) is 0 Å². The molecule has 0 atom stereocenters. The predicted octanol–water partition coefficient (Wildman–Crippen LogP) is 9.51. The van der Waals surface area contributed by atoms with Crippen molar-refractivity contribution >= 4 is 69.3 Å². The van der Waals surface area contributed by atoms with Crippen LogP contribution >= 0.6 is 23.2 Å². The van der Waals surface area contributed by atoms with Crippen LogP contribution in [0.4, 0.5) is 0 Å². The molecular weight excluding hydrogens is 555 g/mol. The Morgan fingerprint density at radius 1 is 0.683 bits per heavy atom. The first-order valence-electron chi connectivity index (χ1n) is 13.9. The smallest absolute Gasteiger partial charge is 0.221 e. The highest BCUT2D eigenvalue weighted by Crippen LogP contribution is 2.28. The number of H-pyrrole nitrogens is 1. The van der Waals surface area contributed by atoms with Crippen LogP contribution in [-0.2, 0) is 0 Å². The normalized spacial score (nSPS) is 11.8. The van der Waals surface area contributed by atoms with Crippen LogP contribution in [0.3, 0.4) is 0 Å². The van der Waals surface area contributed by atoms with Crippen LogP contribution in [0.15, 0.2) is 54.6 Å². The van der Waals surface area contributed by atoms with Gasteiger partial charge in [-0.15, -0.1) is 0 Å². The summed E-state index contributed by atoms with van der Waals surface area (Å²) >= 11 is 12.4. The SMILES string of the molecule is CCCCOc1nc2cc(Cl)ccc2cc1/C=C/c1cc(/C=C/c2cc3ccc(Cl)cc3nc2OCCCC)[nH]n1. The molecule has 3 aromatic heterocycles. The van der Waals surface area contributed by atoms with E-state index in [1.54, 1.807) is 0 Å². The molecule has 0 radical (unpaired) electrons. The Hall–Kier alpha value is -3.87. The molecule has 6 nitrogen and oxygen atoms in total. The number of rotatable bonds is 12. The first kappa shape index (κ1) is 28.7. The lowest BCUT2D eigenvalue weighted by Gasteiger charge is -2.10. The molecule has 41 heavy (non-hydrogen) atoms. The molecule has 0 saturated heterocycles. The number of aromatic amines is 1. The minimum absolute atomic E-state index is 0.584. The Bertz CT molecular complexity index is 1590. The van der Waals surface area contributed by atoms with E-state index in [1.807, 2.05) is 66.8 Å². The lowest BCUT2D eigenvalue weighted by Crippen LogP contribution is -2.00. The minimum Gasteiger partial charge on any atom is -0.477 e. The van der Waals surface area contributed by atoms with Crippen molar-refractivity contribution in [2.24, 2.45) is 0 Å². The average Bonchev–Trinajstić information content (AvgIpc) is 3.43. The van der Waals surface area contributed by atoms with Gasteiger partial charge in [0.2, 0.25) is 11.8 Å². The second-order valence-electron chi connectivity index (χ2n) is 9.76. The van der Waals surface area contributed by atoms with Gasteiger partial charge in [0, 0.05) is 31.9 Å². The van der Waals surface area contributed by atoms with Gasteiger partial charge in [0.15, 0.2) is 0 Å². The fourth-order valence-corrected chi connectivity index (χ4v) is 4.59. The molecule has 0 fully saturated rings. The number of pyridine rings is 2. The molecule has 0 saturated carbocycles. The zero-order valence-electron chi connectivity index (χ0n) is 23.2. The third-order valence-corrected chi connectivity index (χ3v) is 6.98. The fraction of sp³-hybridized carbons (Fsp3) is 0.242. The number of hydrogen-bond donors (Lipinski definition) is 1. The van der Waals surface area contributed by atoms with Crippen molar-refractivity contribution < 1.29 is 9.47 Å². The van der Waals surface area contributed by atoms with Crippen LogP contribution < -0.4 is 9.47 Å². The first-order chi connectivity index (χ1) is 20.0. The minimum atomic E-state index is 0.584. The molecular formula is C33H32Cl2N4O2. The summed E-state index contributed by atoms with van der Waals surface area (Å²) in [7, 11) is 0. The van der Waals surface area contributed by atoms with Gasteiger partial charge in [-0.1, -0.05) is 62.0 Å². The number of unbranched alkanes of at least 4 members (excludes halogenated alkanes) is 2. The quantitative estimate of drug-likeness (QED) is 0.147. The van der Waals surface area contributed by atoms with Crippen molar-refractivity contribution in [3.8, 4) is 11.8 Å². The molecule has 0 amide bonds. The van der Waals surface area contributed by atoms with Crippen molar-refractivity contribution in [3.05, 3.63) is 87.2 Å². The second kappa shape index (κ2) is 13.7. The Kier molecular flexibility index (Phi) is 9.55.